The van der Waals surface area contributed by atoms with Crippen LogP contribution in [0.25, 0.3) is 0 Å². The van der Waals surface area contributed by atoms with Crippen molar-refractivity contribution in [2.75, 3.05) is 27.4 Å². The minimum atomic E-state index is -2.01. The van der Waals surface area contributed by atoms with Gasteiger partial charge in [0.15, 0.2) is 0 Å². The Bertz CT molecular complexity index is 338. The van der Waals surface area contributed by atoms with Gasteiger partial charge in [0.2, 0.25) is 0 Å². The Morgan fingerprint density at radius 1 is 1.17 bits per heavy atom. The molecule has 136 valence electrons. The van der Waals surface area contributed by atoms with Gasteiger partial charge >= 0.3 is 14.5 Å². The maximum Gasteiger partial charge on any atom is 0.334 e. The summed E-state index contributed by atoms with van der Waals surface area (Å²) >= 11 is 0. The lowest BCUT2D eigenvalue weighted by atomic mass is 10.4. The van der Waals surface area contributed by atoms with Crippen molar-refractivity contribution in [2.24, 2.45) is 0 Å². The maximum absolute atomic E-state index is 11.0. The van der Waals surface area contributed by atoms with E-state index in [0.717, 1.165) is 31.9 Å². The molecule has 23 heavy (non-hydrogen) atoms. The number of rotatable bonds is 11. The molecule has 0 aliphatic carbocycles. The summed E-state index contributed by atoms with van der Waals surface area (Å²) in [6.45, 7) is 12.5. The van der Waals surface area contributed by atoms with Gasteiger partial charge in [-0.3, -0.25) is 0 Å². The van der Waals surface area contributed by atoms with E-state index in [2.05, 4.69) is 20.4 Å². The van der Waals surface area contributed by atoms with Crippen LogP contribution in [0, 0.1) is 0 Å². The Morgan fingerprint density at radius 3 is 2.22 bits per heavy atom. The summed E-state index contributed by atoms with van der Waals surface area (Å²) < 4.78 is 20.6. The van der Waals surface area contributed by atoms with Crippen LogP contribution in [0.15, 0.2) is 24.5 Å². The first-order valence-electron chi connectivity index (χ1n) is 8.06. The summed E-state index contributed by atoms with van der Waals surface area (Å²) in [5, 5.41) is 0. The molecular formula is C17H34O5Si. The largest absolute Gasteiger partial charge is 0.502 e. The molecule has 0 aliphatic rings. The molecule has 0 radical (unpaired) electrons. The van der Waals surface area contributed by atoms with Crippen molar-refractivity contribution in [3.8, 4) is 0 Å². The summed E-state index contributed by atoms with van der Waals surface area (Å²) in [4.78, 5) is 11.0. The Labute approximate surface area is 142 Å². The summed E-state index contributed by atoms with van der Waals surface area (Å²) in [6, 6.07) is 0.809. The summed E-state index contributed by atoms with van der Waals surface area (Å²) in [6.07, 6.45) is 6.68. The van der Waals surface area contributed by atoms with Crippen LogP contribution in [0.1, 0.15) is 40.0 Å². The summed E-state index contributed by atoms with van der Waals surface area (Å²) in [7, 11) is 1.29. The second-order valence-corrected chi connectivity index (χ2v) is 8.80. The molecule has 5 nitrogen and oxygen atoms in total. The first-order chi connectivity index (χ1) is 10.9. The van der Waals surface area contributed by atoms with Gasteiger partial charge in [-0.15, -0.1) is 0 Å². The number of carbonyl (C=O) groups excluding carboxylic acids is 1. The fourth-order valence-electron chi connectivity index (χ4n) is 1.32. The Kier molecular flexibility index (Phi) is 16.6. The predicted octanol–water partition coefficient (Wildman–Crippen LogP) is 4.20. The van der Waals surface area contributed by atoms with Gasteiger partial charge in [-0.05, 0) is 38.8 Å². The van der Waals surface area contributed by atoms with Gasteiger partial charge in [0, 0.05) is 19.8 Å². The minimum absolute atomic E-state index is 0.340. The van der Waals surface area contributed by atoms with E-state index in [1.807, 2.05) is 12.6 Å². The van der Waals surface area contributed by atoms with Crippen molar-refractivity contribution in [2.45, 2.75) is 52.6 Å². The SMILES string of the molecule is C=C(C)C(=O)OCCC[Si](C)(OC)OC.CCC=COCCC. The minimum Gasteiger partial charge on any atom is -0.502 e. The van der Waals surface area contributed by atoms with Gasteiger partial charge in [0.1, 0.15) is 0 Å². The normalized spacial score (nSPS) is 10.9. The molecule has 0 aromatic rings. The number of hydrogen-bond donors (Lipinski definition) is 0. The molecule has 0 spiro atoms. The monoisotopic (exact) mass is 346 g/mol. The zero-order valence-corrected chi connectivity index (χ0v) is 16.6. The third-order valence-electron chi connectivity index (χ3n) is 2.97. The number of ether oxygens (including phenoxy) is 2. The van der Waals surface area contributed by atoms with E-state index in [1.54, 1.807) is 27.4 Å². The van der Waals surface area contributed by atoms with Crippen LogP contribution < -0.4 is 0 Å². The highest BCUT2D eigenvalue weighted by molar-refractivity contribution is 6.65. The van der Waals surface area contributed by atoms with Gasteiger partial charge in [-0.25, -0.2) is 4.79 Å². The predicted molar refractivity (Wildman–Crippen MR) is 96.5 cm³/mol. The van der Waals surface area contributed by atoms with Gasteiger partial charge in [0.25, 0.3) is 0 Å². The number of carbonyl (C=O) groups is 1. The van der Waals surface area contributed by atoms with Gasteiger partial charge in [-0.2, -0.15) is 0 Å². The molecule has 0 heterocycles. The summed E-state index contributed by atoms with van der Waals surface area (Å²) in [5.74, 6) is -0.340. The van der Waals surface area contributed by atoms with E-state index in [1.165, 1.54) is 0 Å². The van der Waals surface area contributed by atoms with Crippen LogP contribution >= 0.6 is 0 Å². The van der Waals surface area contributed by atoms with Crippen LogP contribution in [0.3, 0.4) is 0 Å². The molecular weight excluding hydrogens is 312 g/mol. The molecule has 0 aromatic carbocycles. The van der Waals surface area contributed by atoms with Crippen molar-refractivity contribution in [3.63, 3.8) is 0 Å². The molecule has 0 aromatic heterocycles. The number of hydrogen-bond acceptors (Lipinski definition) is 5. The highest BCUT2D eigenvalue weighted by atomic mass is 28.4. The molecule has 0 aliphatic heterocycles. The van der Waals surface area contributed by atoms with Gasteiger partial charge < -0.3 is 18.3 Å². The lowest BCUT2D eigenvalue weighted by molar-refractivity contribution is -0.138. The Hall–Kier alpha value is -1.11. The molecule has 0 amide bonds. The van der Waals surface area contributed by atoms with Crippen molar-refractivity contribution in [3.05, 3.63) is 24.5 Å². The lowest BCUT2D eigenvalue weighted by Crippen LogP contribution is -2.36. The third kappa shape index (κ3) is 15.6. The molecule has 0 bridgehead atoms. The molecule has 6 heteroatoms. The van der Waals surface area contributed by atoms with Gasteiger partial charge in [0.05, 0.1) is 19.5 Å². The van der Waals surface area contributed by atoms with E-state index < -0.39 is 8.56 Å². The average Bonchev–Trinajstić information content (AvgIpc) is 2.55. The summed E-state index contributed by atoms with van der Waals surface area (Å²) in [5.41, 5.74) is 0.425. The average molecular weight is 347 g/mol. The third-order valence-corrected chi connectivity index (χ3v) is 5.96. The Balaban J connectivity index is 0. The number of allylic oxidation sites excluding steroid dienone is 1. The molecule has 0 rings (SSSR count). The molecule has 0 atom stereocenters. The second kappa shape index (κ2) is 15.8. The van der Waals surface area contributed by atoms with Crippen molar-refractivity contribution in [1.82, 2.24) is 0 Å². The molecule has 0 saturated heterocycles. The van der Waals surface area contributed by atoms with E-state index in [9.17, 15) is 4.79 Å². The molecule has 0 unspecified atom stereocenters. The molecule has 0 N–H and O–H groups in total. The number of esters is 1. The smallest absolute Gasteiger partial charge is 0.334 e. The van der Waals surface area contributed by atoms with Crippen LogP contribution in [0.5, 0.6) is 0 Å². The maximum atomic E-state index is 11.0. The van der Waals surface area contributed by atoms with Gasteiger partial charge in [-0.1, -0.05) is 26.5 Å². The zero-order valence-electron chi connectivity index (χ0n) is 15.6. The standard InChI is InChI=1S/C10H20O4Si.C7H14O/c1-9(2)10(11)14-7-6-8-15(5,12-3)13-4;1-3-5-7-8-6-4-2/h1,6-8H2,2-5H3;5,7H,3-4,6H2,1-2H3. The fourth-order valence-corrected chi connectivity index (χ4v) is 2.68. The van der Waals surface area contributed by atoms with Crippen LogP contribution in [0.2, 0.25) is 12.6 Å². The second-order valence-electron chi connectivity index (χ2n) is 5.21. The quantitative estimate of drug-likeness (QED) is 0.184. The van der Waals surface area contributed by atoms with E-state index in [-0.39, 0.29) is 5.97 Å². The van der Waals surface area contributed by atoms with E-state index in [0.29, 0.717) is 12.2 Å². The highest BCUT2D eigenvalue weighted by Gasteiger charge is 2.27. The lowest BCUT2D eigenvalue weighted by Gasteiger charge is -2.22. The van der Waals surface area contributed by atoms with Crippen molar-refractivity contribution in [1.29, 1.82) is 0 Å². The first kappa shape index (κ1) is 24.1. The van der Waals surface area contributed by atoms with Crippen LogP contribution in [0.4, 0.5) is 0 Å². The molecule has 0 fully saturated rings. The van der Waals surface area contributed by atoms with E-state index >= 15 is 0 Å². The van der Waals surface area contributed by atoms with Crippen LogP contribution in [-0.4, -0.2) is 42.0 Å². The Morgan fingerprint density at radius 2 is 1.78 bits per heavy atom. The molecule has 0 saturated carbocycles. The van der Waals surface area contributed by atoms with E-state index in [4.69, 9.17) is 18.3 Å². The fraction of sp³-hybridized carbons (Fsp3) is 0.706. The first-order valence-corrected chi connectivity index (χ1v) is 10.6. The van der Waals surface area contributed by atoms with Crippen molar-refractivity contribution < 1.29 is 23.1 Å². The van der Waals surface area contributed by atoms with Crippen molar-refractivity contribution >= 4 is 14.5 Å². The topological polar surface area (TPSA) is 54.0 Å². The highest BCUT2D eigenvalue weighted by Crippen LogP contribution is 2.13. The van der Waals surface area contributed by atoms with Crippen LogP contribution in [-0.2, 0) is 23.1 Å². The zero-order chi connectivity index (χ0) is 18.1.